The number of unbranched alkanes of at least 4 members (excludes halogenated alkanes) is 3. The molecule has 0 saturated heterocycles. The molecule has 0 spiro atoms. The van der Waals surface area contributed by atoms with Crippen molar-refractivity contribution in [3.63, 3.8) is 0 Å². The van der Waals surface area contributed by atoms with Crippen molar-refractivity contribution in [1.29, 1.82) is 10.5 Å². The summed E-state index contributed by atoms with van der Waals surface area (Å²) < 4.78 is 16.9. The maximum absolute atomic E-state index is 13.5. The van der Waals surface area contributed by atoms with Crippen LogP contribution in [0.5, 0.6) is 11.8 Å². The number of nitriles is 2. The normalized spacial score (nSPS) is 13.1. The Bertz CT molecular complexity index is 2730. The molecule has 2 heterocycles. The van der Waals surface area contributed by atoms with Gasteiger partial charge >= 0.3 is 11.9 Å². The predicted molar refractivity (Wildman–Crippen MR) is 309 cm³/mol. The van der Waals surface area contributed by atoms with Crippen LogP contribution in [-0.4, -0.2) is 62.5 Å². The molecule has 4 rings (SSSR count). The van der Waals surface area contributed by atoms with Gasteiger partial charge in [-0.3, -0.25) is 33.0 Å². The van der Waals surface area contributed by atoms with Crippen LogP contribution in [0.15, 0.2) is 71.3 Å². The van der Waals surface area contributed by atoms with Gasteiger partial charge in [-0.05, 0) is 126 Å². The number of rotatable bonds is 33. The Morgan fingerprint density at radius 2 is 1.15 bits per heavy atom. The van der Waals surface area contributed by atoms with E-state index in [9.17, 15) is 39.9 Å². The number of ether oxygens (including phenoxy) is 2. The first kappa shape index (κ1) is 64.2. The van der Waals surface area contributed by atoms with Crippen LogP contribution >= 0.6 is 23.7 Å². The maximum Gasteiger partial charge on any atom is 0.306 e. The number of nitrogens with one attached hydrogen (secondary N) is 2. The summed E-state index contributed by atoms with van der Waals surface area (Å²) in [4.78, 5) is 53.2. The first-order chi connectivity index (χ1) is 37.4. The molecule has 4 aromatic rings. The number of thioether (sulfide) groups is 1. The van der Waals surface area contributed by atoms with Crippen molar-refractivity contribution in [3.05, 3.63) is 96.0 Å². The summed E-state index contributed by atoms with van der Waals surface area (Å²) in [5.74, 6) is 0.203. The average molecular weight is 1110 g/mol. The van der Waals surface area contributed by atoms with Gasteiger partial charge in [0.05, 0.1) is 11.4 Å². The van der Waals surface area contributed by atoms with E-state index in [1.165, 1.54) is 21.1 Å². The van der Waals surface area contributed by atoms with Gasteiger partial charge in [0.2, 0.25) is 11.8 Å². The molecular formula is C58H80N10O8S2. The highest BCUT2D eigenvalue weighted by atomic mass is 32.2. The van der Waals surface area contributed by atoms with E-state index in [-0.39, 0.29) is 94.2 Å². The largest absolute Gasteiger partial charge is 0.493 e. The number of nitrogens with zero attached hydrogens (tertiary/aromatic N) is 8. The SMILES string of the molecule is CCCCC(CC)Cn1c(O)c(C#N)c(C)c(N=Nc2ccc(CSNCC(C)OC(=O)CCCCC(=O)OC(C)CNCSc3ccc(N=Nc4c(C)c(C#N)c(O)n(CC(CC)CCCC)c4=O)cc3C)c(C)c2)c1=O. The van der Waals surface area contributed by atoms with E-state index in [2.05, 4.69) is 58.2 Å². The summed E-state index contributed by atoms with van der Waals surface area (Å²) in [7, 11) is 0. The summed E-state index contributed by atoms with van der Waals surface area (Å²) in [6, 6.07) is 15.3. The Labute approximate surface area is 468 Å². The summed E-state index contributed by atoms with van der Waals surface area (Å²) in [5, 5.41) is 61.9. The van der Waals surface area contributed by atoms with Crippen molar-refractivity contribution in [1.82, 2.24) is 19.2 Å². The monoisotopic (exact) mass is 1110 g/mol. The summed E-state index contributed by atoms with van der Waals surface area (Å²) >= 11 is 3.06. The zero-order chi connectivity index (χ0) is 57.3. The second kappa shape index (κ2) is 33.2. The van der Waals surface area contributed by atoms with Gasteiger partial charge in [-0.2, -0.15) is 20.8 Å². The minimum Gasteiger partial charge on any atom is -0.493 e. The van der Waals surface area contributed by atoms with E-state index in [4.69, 9.17) is 9.47 Å². The molecule has 0 aliphatic carbocycles. The summed E-state index contributed by atoms with van der Waals surface area (Å²) in [6.45, 7) is 20.5. The molecule has 2 aromatic carbocycles. The fourth-order valence-corrected chi connectivity index (χ4v) is 10.4. The van der Waals surface area contributed by atoms with Crippen molar-refractivity contribution in [2.24, 2.45) is 32.3 Å². The van der Waals surface area contributed by atoms with Crippen LogP contribution < -0.4 is 21.2 Å². The molecule has 0 saturated carbocycles. The molecule has 0 bridgehead atoms. The van der Waals surface area contributed by atoms with Gasteiger partial charge in [0.25, 0.3) is 11.1 Å². The lowest BCUT2D eigenvalue weighted by Crippen LogP contribution is -2.28. The van der Waals surface area contributed by atoms with Crippen LogP contribution in [0.2, 0.25) is 0 Å². The topological polar surface area (TPSA) is 258 Å². The number of aryl methyl sites for hydroxylation is 2. The van der Waals surface area contributed by atoms with Gasteiger partial charge in [0.15, 0.2) is 11.4 Å². The van der Waals surface area contributed by atoms with E-state index in [0.717, 1.165) is 73.0 Å². The second-order valence-electron chi connectivity index (χ2n) is 19.9. The van der Waals surface area contributed by atoms with E-state index in [1.54, 1.807) is 31.7 Å². The van der Waals surface area contributed by atoms with E-state index < -0.39 is 11.1 Å². The van der Waals surface area contributed by atoms with Crippen molar-refractivity contribution in [3.8, 4) is 23.9 Å². The predicted octanol–water partition coefficient (Wildman–Crippen LogP) is 13.2. The third-order valence-electron chi connectivity index (χ3n) is 13.7. The first-order valence-electron chi connectivity index (χ1n) is 27.2. The standard InChI is InChI=1S/C58H80N10O8S2/c1-11-15-19-43(13-3)33-67-55(71)48(29-59)41(9)53(57(67)73)65-63-46-24-23-45(37(5)27-46)35-78-62-32-40(8)76-52(70)22-18-17-21-51(69)75-39(7)31-61-36-77-50-26-25-47(28-38(50)6)64-66-54-42(10)49(30-60)56(72)68(58(54)74)34-44(14-4)20-16-12-2/h23-28,39-40,43-44,61-62,71-72H,11-22,31-36H2,1-10H3. The Morgan fingerprint density at radius 1 is 0.679 bits per heavy atom. The Balaban J connectivity index is 1.13. The zero-order valence-electron chi connectivity index (χ0n) is 47.2. The molecular weight excluding hydrogens is 1030 g/mol. The summed E-state index contributed by atoms with van der Waals surface area (Å²) in [6.07, 6.45) is 8.19. The van der Waals surface area contributed by atoms with Gasteiger partial charge < -0.3 is 25.0 Å². The van der Waals surface area contributed by atoms with E-state index >= 15 is 0 Å². The van der Waals surface area contributed by atoms with Crippen LogP contribution in [0.3, 0.4) is 0 Å². The van der Waals surface area contributed by atoms with E-state index in [0.29, 0.717) is 62.0 Å². The van der Waals surface area contributed by atoms with Crippen molar-refractivity contribution < 1.29 is 29.3 Å². The number of hydrogen-bond acceptors (Lipinski definition) is 18. The van der Waals surface area contributed by atoms with Crippen molar-refractivity contribution in [2.45, 2.75) is 182 Å². The highest BCUT2D eigenvalue weighted by Crippen LogP contribution is 2.32. The molecule has 0 radical (unpaired) electrons. The molecule has 422 valence electrons. The third-order valence-corrected chi connectivity index (χ3v) is 15.6. The number of benzene rings is 2. The quantitative estimate of drug-likeness (QED) is 0.00864. The minimum atomic E-state index is -0.478. The molecule has 2 aromatic heterocycles. The number of aromatic hydroxyl groups is 2. The number of azo groups is 2. The van der Waals surface area contributed by atoms with Gasteiger partial charge in [0.1, 0.15) is 35.5 Å². The van der Waals surface area contributed by atoms with Gasteiger partial charge in [-0.15, -0.1) is 22.0 Å². The molecule has 0 aliphatic rings. The smallest absolute Gasteiger partial charge is 0.306 e. The number of esters is 2. The first-order valence-corrected chi connectivity index (χ1v) is 29.2. The van der Waals surface area contributed by atoms with E-state index in [1.807, 2.05) is 70.2 Å². The number of pyridine rings is 2. The van der Waals surface area contributed by atoms with Crippen LogP contribution in [0.25, 0.3) is 0 Å². The average Bonchev–Trinajstić information content (AvgIpc) is 3.41. The van der Waals surface area contributed by atoms with Crippen LogP contribution in [0.4, 0.5) is 22.7 Å². The van der Waals surface area contributed by atoms with Crippen LogP contribution in [0, 0.1) is 62.2 Å². The fraction of sp³-hybridized carbons (Fsp3) is 0.552. The van der Waals surface area contributed by atoms with Crippen molar-refractivity contribution in [2.75, 3.05) is 19.0 Å². The van der Waals surface area contributed by atoms with Crippen molar-refractivity contribution >= 4 is 58.4 Å². The molecule has 78 heavy (non-hydrogen) atoms. The lowest BCUT2D eigenvalue weighted by Gasteiger charge is -2.19. The molecule has 0 fully saturated rings. The molecule has 4 unspecified atom stereocenters. The third kappa shape index (κ3) is 19.2. The lowest BCUT2D eigenvalue weighted by molar-refractivity contribution is -0.150. The molecule has 18 nitrogen and oxygen atoms in total. The van der Waals surface area contributed by atoms with Crippen LogP contribution in [-0.2, 0) is 37.9 Å². The molecule has 0 amide bonds. The Hall–Kier alpha value is -6.32. The lowest BCUT2D eigenvalue weighted by atomic mass is 9.99. The van der Waals surface area contributed by atoms with Crippen LogP contribution in [0.1, 0.15) is 158 Å². The number of aromatic nitrogens is 2. The molecule has 4 atom stereocenters. The maximum atomic E-state index is 13.5. The minimum absolute atomic E-state index is 0.0162. The molecule has 20 heteroatoms. The molecule has 0 aliphatic heterocycles. The second-order valence-corrected chi connectivity index (χ2v) is 21.8. The fourth-order valence-electron chi connectivity index (χ4n) is 8.67. The molecule has 4 N–H and O–H groups in total. The number of carbonyl (C=O) groups excluding carboxylic acids is 2. The Kier molecular flexibility index (Phi) is 27.3. The number of carbonyl (C=O) groups is 2. The number of hydrogen-bond donors (Lipinski definition) is 4. The Morgan fingerprint density at radius 3 is 1.60 bits per heavy atom. The van der Waals surface area contributed by atoms with Gasteiger partial charge in [-0.1, -0.05) is 84.2 Å². The summed E-state index contributed by atoms with van der Waals surface area (Å²) in [5.41, 5.74) is 3.76. The highest BCUT2D eigenvalue weighted by molar-refractivity contribution is 7.99. The van der Waals surface area contributed by atoms with Gasteiger partial charge in [0, 0.05) is 66.7 Å². The van der Waals surface area contributed by atoms with Gasteiger partial charge in [-0.25, -0.2) is 0 Å². The zero-order valence-corrected chi connectivity index (χ0v) is 48.9. The highest BCUT2D eigenvalue weighted by Gasteiger charge is 2.23.